The third-order valence-corrected chi connectivity index (χ3v) is 6.54. The van der Waals surface area contributed by atoms with Crippen molar-refractivity contribution in [1.82, 2.24) is 4.31 Å². The summed E-state index contributed by atoms with van der Waals surface area (Å²) in [5.41, 5.74) is 0.334. The Labute approximate surface area is 150 Å². The number of carboxylic acid groups (broad SMARTS) is 1. The number of anilines is 1. The molecule has 0 unspecified atom stereocenters. The average molecular weight is 387 g/mol. The van der Waals surface area contributed by atoms with Gasteiger partial charge in [0, 0.05) is 24.5 Å². The number of hydrogen-bond acceptors (Lipinski definition) is 7. The van der Waals surface area contributed by atoms with Crippen LogP contribution in [0, 0.1) is 0 Å². The summed E-state index contributed by atoms with van der Waals surface area (Å²) in [4.78, 5) is 22.6. The van der Waals surface area contributed by atoms with E-state index in [4.69, 9.17) is 4.74 Å². The second-order valence-electron chi connectivity index (χ2n) is 5.36. The predicted octanol–water partition coefficient (Wildman–Crippen LogP) is -0.482. The first-order chi connectivity index (χ1) is 11.8. The van der Waals surface area contributed by atoms with E-state index in [9.17, 15) is 23.1 Å². The SMILES string of the molecule is C[C@@H](SCC(=O)[O-])C(=O)Nc1cccc(S(=O)(=O)N2CCOCC2)c1. The molecule has 1 N–H and O–H groups in total. The number of thioether (sulfide) groups is 1. The van der Waals surface area contributed by atoms with Crippen molar-refractivity contribution >= 4 is 39.3 Å². The highest BCUT2D eigenvalue weighted by atomic mass is 32.2. The van der Waals surface area contributed by atoms with E-state index < -0.39 is 27.1 Å². The summed E-state index contributed by atoms with van der Waals surface area (Å²) in [6, 6.07) is 5.97. The fourth-order valence-corrected chi connectivity index (χ4v) is 4.23. The molecule has 0 saturated carbocycles. The van der Waals surface area contributed by atoms with Crippen molar-refractivity contribution < 1.29 is 27.9 Å². The highest BCUT2D eigenvalue weighted by Crippen LogP contribution is 2.21. The molecule has 1 heterocycles. The van der Waals surface area contributed by atoms with Crippen LogP contribution < -0.4 is 10.4 Å². The van der Waals surface area contributed by atoms with Crippen molar-refractivity contribution in [3.05, 3.63) is 24.3 Å². The first kappa shape index (κ1) is 19.7. The number of nitrogens with zero attached hydrogens (tertiary/aromatic N) is 1. The zero-order chi connectivity index (χ0) is 18.4. The quantitative estimate of drug-likeness (QED) is 0.671. The first-order valence-corrected chi connectivity index (χ1v) is 10.1. The molecule has 1 amide bonds. The molecule has 1 aliphatic heterocycles. The number of rotatable bonds is 7. The maximum Gasteiger partial charge on any atom is 0.243 e. The second kappa shape index (κ2) is 8.65. The minimum absolute atomic E-state index is 0.0854. The van der Waals surface area contributed by atoms with Crippen LogP contribution in [0.2, 0.25) is 0 Å². The molecular formula is C15H19N2O6S2-. The summed E-state index contributed by atoms with van der Waals surface area (Å²) in [7, 11) is -3.65. The van der Waals surface area contributed by atoms with Crippen LogP contribution in [0.4, 0.5) is 5.69 Å². The summed E-state index contributed by atoms with van der Waals surface area (Å²) in [6.45, 7) is 2.84. The number of benzene rings is 1. The molecule has 0 aliphatic carbocycles. The lowest BCUT2D eigenvalue weighted by Gasteiger charge is -2.26. The van der Waals surface area contributed by atoms with Crippen molar-refractivity contribution in [2.24, 2.45) is 0 Å². The van der Waals surface area contributed by atoms with Crippen LogP contribution in [0.5, 0.6) is 0 Å². The van der Waals surface area contributed by atoms with Crippen molar-refractivity contribution in [3.8, 4) is 0 Å². The molecule has 10 heteroatoms. The van der Waals surface area contributed by atoms with Crippen LogP contribution >= 0.6 is 11.8 Å². The van der Waals surface area contributed by atoms with E-state index in [1.807, 2.05) is 0 Å². The third kappa shape index (κ3) is 5.43. The minimum atomic E-state index is -3.65. The van der Waals surface area contributed by atoms with E-state index >= 15 is 0 Å². The Kier molecular flexibility index (Phi) is 6.82. The molecule has 0 aromatic heterocycles. The van der Waals surface area contributed by atoms with Crippen molar-refractivity contribution in [2.45, 2.75) is 17.1 Å². The second-order valence-corrected chi connectivity index (χ2v) is 8.63. The van der Waals surface area contributed by atoms with Gasteiger partial charge in [0.05, 0.1) is 29.3 Å². The summed E-state index contributed by atoms with van der Waals surface area (Å²) >= 11 is 0.930. The van der Waals surface area contributed by atoms with Crippen LogP contribution in [0.3, 0.4) is 0 Å². The fraction of sp³-hybridized carbons (Fsp3) is 0.467. The third-order valence-electron chi connectivity index (χ3n) is 3.53. The molecule has 1 aliphatic rings. The lowest BCUT2D eigenvalue weighted by Crippen LogP contribution is -2.40. The van der Waals surface area contributed by atoms with Gasteiger partial charge < -0.3 is 20.0 Å². The molecule has 138 valence electrons. The fourth-order valence-electron chi connectivity index (χ4n) is 2.18. The van der Waals surface area contributed by atoms with Crippen molar-refractivity contribution in [2.75, 3.05) is 37.4 Å². The van der Waals surface area contributed by atoms with Crippen molar-refractivity contribution in [1.29, 1.82) is 0 Å². The van der Waals surface area contributed by atoms with Crippen LogP contribution in [0.25, 0.3) is 0 Å². The Balaban J connectivity index is 2.07. The predicted molar refractivity (Wildman–Crippen MR) is 91.6 cm³/mol. The van der Waals surface area contributed by atoms with Crippen LogP contribution in [0.15, 0.2) is 29.2 Å². The molecule has 1 atom stereocenters. The van der Waals surface area contributed by atoms with Gasteiger partial charge in [0.1, 0.15) is 0 Å². The lowest BCUT2D eigenvalue weighted by atomic mass is 10.3. The number of carbonyl (C=O) groups excluding carboxylic acids is 2. The van der Waals surface area contributed by atoms with Gasteiger partial charge in [0.15, 0.2) is 0 Å². The van der Waals surface area contributed by atoms with E-state index in [1.165, 1.54) is 16.4 Å². The Bertz CT molecular complexity index is 731. The Morgan fingerprint density at radius 3 is 2.68 bits per heavy atom. The summed E-state index contributed by atoms with van der Waals surface area (Å²) < 4.78 is 31.7. The number of hydrogen-bond donors (Lipinski definition) is 1. The smallest absolute Gasteiger partial charge is 0.243 e. The van der Waals surface area contributed by atoms with Crippen LogP contribution in [-0.4, -0.2) is 61.9 Å². The molecular weight excluding hydrogens is 368 g/mol. The summed E-state index contributed by atoms with van der Waals surface area (Å²) in [5, 5.41) is 12.4. The van der Waals surface area contributed by atoms with Crippen LogP contribution in [-0.2, 0) is 24.3 Å². The molecule has 1 saturated heterocycles. The highest BCUT2D eigenvalue weighted by Gasteiger charge is 2.26. The molecule has 1 fully saturated rings. The normalized spacial score (nSPS) is 17.0. The Morgan fingerprint density at radius 2 is 2.04 bits per heavy atom. The number of nitrogens with one attached hydrogen (secondary N) is 1. The number of aliphatic carboxylic acids is 1. The molecule has 0 radical (unpaired) electrons. The van der Waals surface area contributed by atoms with E-state index in [-0.39, 0.29) is 23.7 Å². The first-order valence-electron chi connectivity index (χ1n) is 7.61. The molecule has 0 bridgehead atoms. The topological polar surface area (TPSA) is 116 Å². The summed E-state index contributed by atoms with van der Waals surface area (Å²) in [6.07, 6.45) is 0. The molecule has 1 aromatic rings. The van der Waals surface area contributed by atoms with E-state index in [0.29, 0.717) is 18.9 Å². The largest absolute Gasteiger partial charge is 0.549 e. The van der Waals surface area contributed by atoms with Gasteiger partial charge in [-0.2, -0.15) is 4.31 Å². The van der Waals surface area contributed by atoms with E-state index in [0.717, 1.165) is 11.8 Å². The minimum Gasteiger partial charge on any atom is -0.549 e. The monoisotopic (exact) mass is 387 g/mol. The molecule has 0 spiro atoms. The van der Waals surface area contributed by atoms with Gasteiger partial charge in [-0.05, 0) is 25.1 Å². The van der Waals surface area contributed by atoms with Gasteiger partial charge in [-0.1, -0.05) is 6.07 Å². The van der Waals surface area contributed by atoms with Gasteiger partial charge in [0.2, 0.25) is 15.9 Å². The van der Waals surface area contributed by atoms with Gasteiger partial charge >= 0.3 is 0 Å². The lowest BCUT2D eigenvalue weighted by molar-refractivity contribution is -0.301. The zero-order valence-corrected chi connectivity index (χ0v) is 15.3. The van der Waals surface area contributed by atoms with Gasteiger partial charge in [-0.15, -0.1) is 11.8 Å². The standard InChI is InChI=1S/C15H20N2O6S2/c1-11(24-10-14(18)19)15(20)16-12-3-2-4-13(9-12)25(21,22)17-5-7-23-8-6-17/h2-4,9,11H,5-8,10H2,1H3,(H,16,20)(H,18,19)/p-1/t11-/m1/s1. The van der Waals surface area contributed by atoms with E-state index in [1.54, 1.807) is 19.1 Å². The van der Waals surface area contributed by atoms with Gasteiger partial charge in [0.25, 0.3) is 0 Å². The number of amides is 1. The molecule has 2 rings (SSSR count). The number of sulfonamides is 1. The Morgan fingerprint density at radius 1 is 1.36 bits per heavy atom. The van der Waals surface area contributed by atoms with Crippen molar-refractivity contribution in [3.63, 3.8) is 0 Å². The summed E-state index contributed by atoms with van der Waals surface area (Å²) in [5.74, 6) is -1.95. The average Bonchev–Trinajstić information content (AvgIpc) is 2.60. The molecule has 8 nitrogen and oxygen atoms in total. The van der Waals surface area contributed by atoms with Gasteiger partial charge in [-0.25, -0.2) is 8.42 Å². The number of ether oxygens (including phenoxy) is 1. The van der Waals surface area contributed by atoms with E-state index in [2.05, 4.69) is 5.32 Å². The molecule has 25 heavy (non-hydrogen) atoms. The van der Waals surface area contributed by atoms with Gasteiger partial charge in [-0.3, -0.25) is 4.79 Å². The zero-order valence-electron chi connectivity index (χ0n) is 13.6. The number of carbonyl (C=O) groups is 2. The number of carboxylic acids is 1. The molecule has 1 aromatic carbocycles. The Hall–Kier alpha value is -1.62. The highest BCUT2D eigenvalue weighted by molar-refractivity contribution is 8.01. The maximum atomic E-state index is 12.6. The van der Waals surface area contributed by atoms with Crippen LogP contribution in [0.1, 0.15) is 6.92 Å². The maximum absolute atomic E-state index is 12.6. The number of morpholine rings is 1.